The van der Waals surface area contributed by atoms with Crippen LogP contribution in [0.3, 0.4) is 0 Å². The van der Waals surface area contributed by atoms with E-state index in [1.165, 1.54) is 4.90 Å². The topological polar surface area (TPSA) is 63.4 Å². The van der Waals surface area contributed by atoms with E-state index in [9.17, 15) is 9.59 Å². The second kappa shape index (κ2) is 5.59. The fourth-order valence-electron chi connectivity index (χ4n) is 2.01. The Bertz CT molecular complexity index is 546. The van der Waals surface area contributed by atoms with Crippen LogP contribution in [-0.2, 0) is 4.79 Å². The van der Waals surface area contributed by atoms with Crippen molar-refractivity contribution in [3.05, 3.63) is 39.8 Å². The van der Waals surface area contributed by atoms with Crippen LogP contribution >= 0.6 is 11.8 Å². The van der Waals surface area contributed by atoms with Gasteiger partial charge in [-0.1, -0.05) is 18.2 Å². The monoisotopic (exact) mass is 276 g/mol. The second-order valence-corrected chi connectivity index (χ2v) is 5.42. The van der Waals surface area contributed by atoms with Crippen LogP contribution in [0.1, 0.15) is 16.7 Å². The Morgan fingerprint density at radius 1 is 1.26 bits per heavy atom. The Hall–Kier alpha value is -1.59. The zero-order valence-corrected chi connectivity index (χ0v) is 11.8. The van der Waals surface area contributed by atoms with Gasteiger partial charge in [0.25, 0.3) is 11.1 Å². The average molecular weight is 276 g/mol. The highest BCUT2D eigenvalue weighted by Gasteiger charge is 2.34. The minimum atomic E-state index is -0.247. The summed E-state index contributed by atoms with van der Waals surface area (Å²) in [5, 5.41) is -0.243. The van der Waals surface area contributed by atoms with Gasteiger partial charge in [0, 0.05) is 13.1 Å². The molecule has 0 saturated carbocycles. The molecule has 1 saturated heterocycles. The molecule has 2 N–H and O–H groups in total. The molecule has 1 aromatic rings. The number of carbonyl (C=O) groups is 2. The van der Waals surface area contributed by atoms with Crippen LogP contribution in [0.5, 0.6) is 0 Å². The third-order valence-corrected chi connectivity index (χ3v) is 3.95. The number of aryl methyl sites for hydroxylation is 2. The van der Waals surface area contributed by atoms with Crippen LogP contribution in [-0.4, -0.2) is 29.1 Å². The fourth-order valence-corrected chi connectivity index (χ4v) is 2.85. The summed E-state index contributed by atoms with van der Waals surface area (Å²) >= 11 is 0.977. The summed E-state index contributed by atoms with van der Waals surface area (Å²) in [6.07, 6.45) is 1.80. The van der Waals surface area contributed by atoms with Crippen molar-refractivity contribution in [2.75, 3.05) is 13.1 Å². The van der Waals surface area contributed by atoms with E-state index < -0.39 is 0 Å². The Morgan fingerprint density at radius 2 is 1.89 bits per heavy atom. The number of thioether (sulfide) groups is 1. The molecule has 1 heterocycles. The molecule has 0 aliphatic carbocycles. The molecule has 0 unspecified atom stereocenters. The van der Waals surface area contributed by atoms with Crippen molar-refractivity contribution in [2.45, 2.75) is 13.8 Å². The van der Waals surface area contributed by atoms with Crippen LogP contribution in [0.2, 0.25) is 0 Å². The van der Waals surface area contributed by atoms with Crippen molar-refractivity contribution in [2.24, 2.45) is 5.73 Å². The zero-order chi connectivity index (χ0) is 14.0. The Balaban J connectivity index is 2.35. The van der Waals surface area contributed by atoms with Gasteiger partial charge >= 0.3 is 0 Å². The first kappa shape index (κ1) is 13.8. The first-order chi connectivity index (χ1) is 9.04. The summed E-state index contributed by atoms with van der Waals surface area (Å²) in [6, 6.07) is 5.95. The molecule has 4 nitrogen and oxygen atoms in total. The molecule has 1 aliphatic rings. The number of carbonyl (C=O) groups excluding carboxylic acids is 2. The third kappa shape index (κ3) is 2.72. The minimum absolute atomic E-state index is 0.243. The zero-order valence-electron chi connectivity index (χ0n) is 11.0. The summed E-state index contributed by atoms with van der Waals surface area (Å²) in [5.74, 6) is -0.247. The molecular weight excluding hydrogens is 260 g/mol. The minimum Gasteiger partial charge on any atom is -0.329 e. The lowest BCUT2D eigenvalue weighted by Gasteiger charge is -2.09. The fraction of sp³-hybridized carbons (Fsp3) is 0.286. The number of nitrogens with two attached hydrogens (primary N) is 1. The summed E-state index contributed by atoms with van der Waals surface area (Å²) in [4.78, 5) is 25.5. The van der Waals surface area contributed by atoms with Crippen molar-refractivity contribution >= 4 is 29.0 Å². The Kier molecular flexibility index (Phi) is 4.07. The normalized spacial score (nSPS) is 17.6. The largest absolute Gasteiger partial charge is 0.329 e. The first-order valence-corrected chi connectivity index (χ1v) is 6.88. The van der Waals surface area contributed by atoms with Gasteiger partial charge in [-0.3, -0.25) is 14.5 Å². The van der Waals surface area contributed by atoms with Gasteiger partial charge in [-0.05, 0) is 48.4 Å². The highest BCUT2D eigenvalue weighted by Crippen LogP contribution is 2.32. The Labute approximate surface area is 116 Å². The van der Waals surface area contributed by atoms with Gasteiger partial charge in [-0.25, -0.2) is 0 Å². The lowest BCUT2D eigenvalue weighted by atomic mass is 10.0. The molecule has 0 atom stereocenters. The molecule has 0 spiro atoms. The van der Waals surface area contributed by atoms with E-state index in [2.05, 4.69) is 0 Å². The van der Waals surface area contributed by atoms with Crippen molar-refractivity contribution < 1.29 is 9.59 Å². The van der Waals surface area contributed by atoms with Gasteiger partial charge in [-0.2, -0.15) is 0 Å². The van der Waals surface area contributed by atoms with Crippen molar-refractivity contribution in [1.82, 2.24) is 4.90 Å². The van der Waals surface area contributed by atoms with Gasteiger partial charge in [-0.15, -0.1) is 0 Å². The van der Waals surface area contributed by atoms with Gasteiger partial charge in [0.2, 0.25) is 0 Å². The Morgan fingerprint density at radius 3 is 2.47 bits per heavy atom. The van der Waals surface area contributed by atoms with E-state index >= 15 is 0 Å². The highest BCUT2D eigenvalue weighted by atomic mass is 32.2. The van der Waals surface area contributed by atoms with Crippen molar-refractivity contribution in [3.63, 3.8) is 0 Å². The molecule has 0 radical (unpaired) electrons. The average Bonchev–Trinajstić information content (AvgIpc) is 2.62. The molecule has 1 aromatic carbocycles. The van der Waals surface area contributed by atoms with E-state index in [1.54, 1.807) is 6.08 Å². The van der Waals surface area contributed by atoms with E-state index in [-0.39, 0.29) is 24.2 Å². The standard InChI is InChI=1S/C14H16N2O2S/c1-9-4-3-5-10(2)11(9)8-12-13(17)16(7-6-15)14(18)19-12/h3-5,8H,6-7,15H2,1-2H3/b12-8+. The molecule has 19 heavy (non-hydrogen) atoms. The number of imide groups is 1. The molecule has 1 fully saturated rings. The van der Waals surface area contributed by atoms with Gasteiger partial charge < -0.3 is 5.73 Å². The maximum absolute atomic E-state index is 12.1. The SMILES string of the molecule is Cc1cccc(C)c1/C=C1/SC(=O)N(CCN)C1=O. The van der Waals surface area contributed by atoms with Crippen LogP contribution in [0.15, 0.2) is 23.1 Å². The third-order valence-electron chi connectivity index (χ3n) is 3.04. The van der Waals surface area contributed by atoms with Crippen molar-refractivity contribution in [3.8, 4) is 0 Å². The van der Waals surface area contributed by atoms with E-state index in [0.717, 1.165) is 28.5 Å². The molecule has 0 bridgehead atoms. The molecule has 5 heteroatoms. The molecular formula is C14H16N2O2S. The number of nitrogens with zero attached hydrogens (tertiary/aromatic N) is 1. The van der Waals surface area contributed by atoms with E-state index in [4.69, 9.17) is 5.73 Å². The molecule has 100 valence electrons. The summed E-state index contributed by atoms with van der Waals surface area (Å²) in [7, 11) is 0. The second-order valence-electron chi connectivity index (χ2n) is 4.43. The summed E-state index contributed by atoms with van der Waals surface area (Å²) in [5.41, 5.74) is 8.58. The summed E-state index contributed by atoms with van der Waals surface area (Å²) < 4.78 is 0. The number of rotatable bonds is 3. The molecule has 0 aromatic heterocycles. The van der Waals surface area contributed by atoms with Gasteiger partial charge in [0.1, 0.15) is 0 Å². The summed E-state index contributed by atoms with van der Waals surface area (Å²) in [6.45, 7) is 4.54. The lowest BCUT2D eigenvalue weighted by Crippen LogP contribution is -2.33. The maximum Gasteiger partial charge on any atom is 0.293 e. The number of hydrogen-bond acceptors (Lipinski definition) is 4. The number of amides is 2. The first-order valence-electron chi connectivity index (χ1n) is 6.06. The maximum atomic E-state index is 12.1. The van der Waals surface area contributed by atoms with Gasteiger partial charge in [0.15, 0.2) is 0 Å². The molecule has 1 aliphatic heterocycles. The number of hydrogen-bond donors (Lipinski definition) is 1. The van der Waals surface area contributed by atoms with Crippen LogP contribution < -0.4 is 5.73 Å². The molecule has 2 rings (SSSR count). The smallest absolute Gasteiger partial charge is 0.293 e. The number of benzene rings is 1. The van der Waals surface area contributed by atoms with Gasteiger partial charge in [0.05, 0.1) is 4.91 Å². The van der Waals surface area contributed by atoms with Crippen molar-refractivity contribution in [1.29, 1.82) is 0 Å². The predicted molar refractivity (Wildman–Crippen MR) is 77.6 cm³/mol. The molecule has 2 amide bonds. The van der Waals surface area contributed by atoms with E-state index in [0.29, 0.717) is 4.91 Å². The highest BCUT2D eigenvalue weighted by molar-refractivity contribution is 8.18. The van der Waals surface area contributed by atoms with Crippen LogP contribution in [0.25, 0.3) is 6.08 Å². The lowest BCUT2D eigenvalue weighted by molar-refractivity contribution is -0.122. The predicted octanol–water partition coefficient (Wildman–Crippen LogP) is 2.30. The van der Waals surface area contributed by atoms with Crippen LogP contribution in [0.4, 0.5) is 4.79 Å². The van der Waals surface area contributed by atoms with E-state index in [1.807, 2.05) is 32.0 Å². The van der Waals surface area contributed by atoms with Crippen LogP contribution in [0, 0.1) is 13.8 Å². The quantitative estimate of drug-likeness (QED) is 0.860.